The highest BCUT2D eigenvalue weighted by Crippen LogP contribution is 2.48. The molecule has 2 aromatic rings. The Morgan fingerprint density at radius 3 is 2.35 bits per heavy atom. The zero-order chi connectivity index (χ0) is 22.5. The average Bonchev–Trinajstić information content (AvgIpc) is 3.06. The molecule has 1 atom stereocenters. The van der Waals surface area contributed by atoms with Crippen LogP contribution in [0.2, 0.25) is 0 Å². The van der Waals surface area contributed by atoms with Crippen LogP contribution in [0.4, 0.5) is 10.5 Å². The molecule has 0 saturated carbocycles. The SMILES string of the molecule is Cc1ccc2c(c1)C1(C(=O)N(CCc3ccccc3C)C(=O)N1C)C(=O)N2CC(=O)O. The van der Waals surface area contributed by atoms with Gasteiger partial charge in [-0.25, -0.2) is 4.79 Å². The van der Waals surface area contributed by atoms with E-state index in [0.29, 0.717) is 17.7 Å². The van der Waals surface area contributed by atoms with E-state index in [1.807, 2.05) is 38.1 Å². The van der Waals surface area contributed by atoms with Crippen molar-refractivity contribution in [3.63, 3.8) is 0 Å². The highest BCUT2D eigenvalue weighted by atomic mass is 16.4. The zero-order valence-corrected chi connectivity index (χ0v) is 17.6. The summed E-state index contributed by atoms with van der Waals surface area (Å²) in [6.45, 7) is 3.31. The number of carboxylic acids is 1. The molecule has 0 aromatic heterocycles. The van der Waals surface area contributed by atoms with Gasteiger partial charge in [0, 0.05) is 19.2 Å². The number of rotatable bonds is 5. The molecule has 1 N–H and O–H groups in total. The van der Waals surface area contributed by atoms with E-state index in [9.17, 15) is 24.3 Å². The predicted octanol–water partition coefficient (Wildman–Crippen LogP) is 2.07. The molecule has 2 aliphatic heterocycles. The van der Waals surface area contributed by atoms with Gasteiger partial charge in [-0.05, 0) is 37.5 Å². The van der Waals surface area contributed by atoms with Gasteiger partial charge in [-0.15, -0.1) is 0 Å². The van der Waals surface area contributed by atoms with Gasteiger partial charge in [0.25, 0.3) is 11.8 Å². The van der Waals surface area contributed by atoms with Crippen molar-refractivity contribution in [1.82, 2.24) is 9.80 Å². The summed E-state index contributed by atoms with van der Waals surface area (Å²) in [7, 11) is 1.42. The number of hydrogen-bond donors (Lipinski definition) is 1. The summed E-state index contributed by atoms with van der Waals surface area (Å²) in [4.78, 5) is 54.9. The highest BCUT2D eigenvalue weighted by molar-refractivity contribution is 6.28. The fourth-order valence-electron chi connectivity index (χ4n) is 4.49. The van der Waals surface area contributed by atoms with Crippen molar-refractivity contribution in [2.24, 2.45) is 0 Å². The Morgan fingerprint density at radius 1 is 1.00 bits per heavy atom. The summed E-state index contributed by atoms with van der Waals surface area (Å²) < 4.78 is 0. The minimum atomic E-state index is -1.88. The molecule has 2 heterocycles. The zero-order valence-electron chi connectivity index (χ0n) is 17.6. The van der Waals surface area contributed by atoms with Crippen LogP contribution in [0.15, 0.2) is 42.5 Å². The molecule has 1 spiro atoms. The van der Waals surface area contributed by atoms with Crippen molar-refractivity contribution in [3.05, 3.63) is 64.7 Å². The number of hydrogen-bond acceptors (Lipinski definition) is 4. The number of fused-ring (bicyclic) bond motifs is 2. The topological polar surface area (TPSA) is 98.2 Å². The second-order valence-corrected chi connectivity index (χ2v) is 7.99. The van der Waals surface area contributed by atoms with Gasteiger partial charge in [-0.1, -0.05) is 42.0 Å². The number of carboxylic acid groups (broad SMARTS) is 1. The smallest absolute Gasteiger partial charge is 0.328 e. The molecule has 1 fully saturated rings. The van der Waals surface area contributed by atoms with Gasteiger partial charge in [-0.2, -0.15) is 0 Å². The molecule has 160 valence electrons. The molecular formula is C23H23N3O5. The predicted molar refractivity (Wildman–Crippen MR) is 113 cm³/mol. The Balaban J connectivity index is 1.76. The van der Waals surface area contributed by atoms with Gasteiger partial charge in [0.1, 0.15) is 6.54 Å². The second-order valence-electron chi connectivity index (χ2n) is 7.99. The molecule has 31 heavy (non-hydrogen) atoms. The summed E-state index contributed by atoms with van der Waals surface area (Å²) >= 11 is 0. The lowest BCUT2D eigenvalue weighted by atomic mass is 9.89. The fourth-order valence-corrected chi connectivity index (χ4v) is 4.49. The third-order valence-corrected chi connectivity index (χ3v) is 6.12. The average molecular weight is 421 g/mol. The molecular weight excluding hydrogens is 398 g/mol. The molecule has 4 amide bonds. The molecule has 0 bridgehead atoms. The van der Waals surface area contributed by atoms with Crippen LogP contribution in [0, 0.1) is 13.8 Å². The first kappa shape index (κ1) is 20.6. The maximum Gasteiger partial charge on any atom is 0.328 e. The Hall–Kier alpha value is -3.68. The molecule has 0 aliphatic carbocycles. The van der Waals surface area contributed by atoms with Gasteiger partial charge in [0.05, 0.1) is 5.69 Å². The van der Waals surface area contributed by atoms with Crippen LogP contribution in [-0.2, 0) is 26.3 Å². The van der Waals surface area contributed by atoms with Crippen molar-refractivity contribution >= 4 is 29.5 Å². The number of carbonyl (C=O) groups excluding carboxylic acids is 3. The molecule has 2 aliphatic rings. The monoisotopic (exact) mass is 421 g/mol. The van der Waals surface area contributed by atoms with Crippen LogP contribution in [0.3, 0.4) is 0 Å². The number of benzene rings is 2. The lowest BCUT2D eigenvalue weighted by Crippen LogP contribution is -2.53. The molecule has 4 rings (SSSR count). The summed E-state index contributed by atoms with van der Waals surface area (Å²) in [5.41, 5.74) is 1.67. The normalized spacial score (nSPS) is 20.2. The van der Waals surface area contributed by atoms with Crippen LogP contribution in [0.5, 0.6) is 0 Å². The number of aryl methyl sites for hydroxylation is 2. The van der Waals surface area contributed by atoms with Gasteiger partial charge < -0.3 is 10.0 Å². The number of carbonyl (C=O) groups is 4. The number of likely N-dealkylation sites (N-methyl/N-ethyl adjacent to an activating group) is 1. The minimum absolute atomic E-state index is 0.127. The van der Waals surface area contributed by atoms with E-state index in [1.54, 1.807) is 18.2 Å². The third kappa shape index (κ3) is 2.90. The van der Waals surface area contributed by atoms with E-state index >= 15 is 0 Å². The largest absolute Gasteiger partial charge is 0.480 e. The van der Waals surface area contributed by atoms with Crippen LogP contribution in [0.1, 0.15) is 22.3 Å². The van der Waals surface area contributed by atoms with Crippen LogP contribution < -0.4 is 4.90 Å². The lowest BCUT2D eigenvalue weighted by molar-refractivity contribution is -0.143. The summed E-state index contributed by atoms with van der Waals surface area (Å²) in [5.74, 6) is -2.55. The van der Waals surface area contributed by atoms with Crippen LogP contribution in [0.25, 0.3) is 0 Å². The molecule has 0 radical (unpaired) electrons. The summed E-state index contributed by atoms with van der Waals surface area (Å²) in [5, 5.41) is 9.31. The molecule has 1 saturated heterocycles. The van der Waals surface area contributed by atoms with Crippen molar-refractivity contribution < 1.29 is 24.3 Å². The summed E-state index contributed by atoms with van der Waals surface area (Å²) in [6.07, 6.45) is 0.460. The first-order valence-corrected chi connectivity index (χ1v) is 9.98. The summed E-state index contributed by atoms with van der Waals surface area (Å²) in [6, 6.07) is 12.2. The maximum absolute atomic E-state index is 13.6. The highest BCUT2D eigenvalue weighted by Gasteiger charge is 2.67. The molecule has 2 aromatic carbocycles. The van der Waals surface area contributed by atoms with Gasteiger partial charge in [-0.3, -0.25) is 24.2 Å². The second kappa shape index (κ2) is 7.23. The van der Waals surface area contributed by atoms with E-state index in [1.165, 1.54) is 7.05 Å². The van der Waals surface area contributed by atoms with Crippen LogP contribution in [-0.4, -0.2) is 58.9 Å². The number of amides is 4. The Kier molecular flexibility index (Phi) is 4.80. The first-order chi connectivity index (χ1) is 14.7. The maximum atomic E-state index is 13.6. The quantitative estimate of drug-likeness (QED) is 0.589. The van der Waals surface area contributed by atoms with E-state index < -0.39 is 35.9 Å². The Bertz CT molecular complexity index is 1130. The fraction of sp³-hybridized carbons (Fsp3) is 0.304. The number of imide groups is 1. The number of urea groups is 1. The molecule has 8 heteroatoms. The minimum Gasteiger partial charge on any atom is -0.480 e. The Morgan fingerprint density at radius 2 is 1.68 bits per heavy atom. The standard InChI is InChI=1S/C23H23N3O5/c1-14-8-9-18-17(12-14)23(21(30)26(18)13-19(27)28)20(29)25(22(31)24(23)3)11-10-16-7-5-4-6-15(16)2/h4-9,12H,10-11,13H2,1-3H3,(H,27,28). The number of nitrogens with zero attached hydrogens (tertiary/aromatic N) is 3. The van der Waals surface area contributed by atoms with Gasteiger partial charge in [0.2, 0.25) is 5.54 Å². The van der Waals surface area contributed by atoms with Crippen molar-refractivity contribution in [3.8, 4) is 0 Å². The Labute approximate surface area is 179 Å². The third-order valence-electron chi connectivity index (χ3n) is 6.12. The van der Waals surface area contributed by atoms with Crippen molar-refractivity contribution in [2.75, 3.05) is 25.0 Å². The lowest BCUT2D eigenvalue weighted by Gasteiger charge is -2.27. The van der Waals surface area contributed by atoms with E-state index in [-0.39, 0.29) is 6.54 Å². The van der Waals surface area contributed by atoms with Crippen molar-refractivity contribution in [2.45, 2.75) is 25.8 Å². The van der Waals surface area contributed by atoms with Crippen molar-refractivity contribution in [1.29, 1.82) is 0 Å². The number of aliphatic carboxylic acids is 1. The van der Waals surface area contributed by atoms with Gasteiger partial charge >= 0.3 is 12.0 Å². The number of anilines is 1. The van der Waals surface area contributed by atoms with E-state index in [2.05, 4.69) is 0 Å². The molecule has 1 unspecified atom stereocenters. The van der Waals surface area contributed by atoms with E-state index in [4.69, 9.17) is 0 Å². The van der Waals surface area contributed by atoms with Gasteiger partial charge in [0.15, 0.2) is 0 Å². The van der Waals surface area contributed by atoms with E-state index in [0.717, 1.165) is 31.4 Å². The van der Waals surface area contributed by atoms with Crippen LogP contribution >= 0.6 is 0 Å². The molecule has 8 nitrogen and oxygen atoms in total. The first-order valence-electron chi connectivity index (χ1n) is 9.98.